The number of hydrogen-bond donors (Lipinski definition) is 1. The second-order valence-corrected chi connectivity index (χ2v) is 5.78. The van der Waals surface area contributed by atoms with Crippen molar-refractivity contribution in [2.45, 2.75) is 16.5 Å². The van der Waals surface area contributed by atoms with Gasteiger partial charge in [-0.3, -0.25) is 0 Å². The molecule has 0 radical (unpaired) electrons. The summed E-state index contributed by atoms with van der Waals surface area (Å²) >= 11 is 1.55. The average Bonchev–Trinajstić information content (AvgIpc) is 3.07. The molecule has 2 atom stereocenters. The highest BCUT2D eigenvalue weighted by Gasteiger charge is 2.24. The minimum absolute atomic E-state index is 0.0484. The van der Waals surface area contributed by atoms with Crippen molar-refractivity contribution in [2.75, 3.05) is 0 Å². The van der Waals surface area contributed by atoms with Crippen LogP contribution in [0.5, 0.6) is 0 Å². The molecule has 3 rings (SSSR count). The number of hydrogen-bond acceptors (Lipinski definition) is 4. The Labute approximate surface area is 128 Å². The molecule has 0 saturated heterocycles. The fraction of sp³-hybridized carbons (Fsp3) is 0.118. The number of nitrogens with two attached hydrogens (primary N) is 1. The van der Waals surface area contributed by atoms with E-state index in [2.05, 4.69) is 29.2 Å². The van der Waals surface area contributed by atoms with Crippen molar-refractivity contribution in [3.8, 4) is 0 Å². The van der Waals surface area contributed by atoms with E-state index >= 15 is 0 Å². The number of oxazole rings is 1. The van der Waals surface area contributed by atoms with Crippen LogP contribution in [0.15, 0.2) is 82.8 Å². The second-order valence-electron chi connectivity index (χ2n) is 4.68. The Hall–Kier alpha value is -2.04. The summed E-state index contributed by atoms with van der Waals surface area (Å²) in [5, 5.41) is 0.683. The second kappa shape index (κ2) is 6.61. The maximum Gasteiger partial charge on any atom is 0.256 e. The molecule has 0 spiro atoms. The van der Waals surface area contributed by atoms with Gasteiger partial charge < -0.3 is 10.2 Å². The van der Waals surface area contributed by atoms with E-state index < -0.39 is 0 Å². The molecule has 2 N–H and O–H groups in total. The maximum absolute atomic E-state index is 6.50. The summed E-state index contributed by atoms with van der Waals surface area (Å²) < 4.78 is 5.37. The van der Waals surface area contributed by atoms with E-state index in [9.17, 15) is 0 Å². The maximum atomic E-state index is 6.50. The Morgan fingerprint density at radius 2 is 1.52 bits per heavy atom. The predicted octanol–water partition coefficient (Wildman–Crippen LogP) is 4.21. The summed E-state index contributed by atoms with van der Waals surface area (Å²) in [5.41, 5.74) is 8.76. The SMILES string of the molecule is NC(c1ccccc1)C(Sc1ncco1)c1ccccc1. The highest BCUT2D eigenvalue weighted by atomic mass is 32.2. The summed E-state index contributed by atoms with van der Waals surface area (Å²) in [6.45, 7) is 0. The van der Waals surface area contributed by atoms with Crippen LogP contribution in [0.2, 0.25) is 0 Å². The van der Waals surface area contributed by atoms with Crippen LogP contribution in [0, 0.1) is 0 Å². The van der Waals surface area contributed by atoms with Crippen molar-refractivity contribution in [1.82, 2.24) is 4.98 Å². The molecule has 1 heterocycles. The van der Waals surface area contributed by atoms with Crippen molar-refractivity contribution in [3.05, 3.63) is 84.3 Å². The van der Waals surface area contributed by atoms with Gasteiger partial charge in [-0.25, -0.2) is 4.98 Å². The largest absolute Gasteiger partial charge is 0.440 e. The van der Waals surface area contributed by atoms with Gasteiger partial charge in [0, 0.05) is 6.04 Å². The van der Waals surface area contributed by atoms with E-state index in [1.54, 1.807) is 24.2 Å². The molecule has 4 heteroatoms. The molecule has 106 valence electrons. The first-order chi connectivity index (χ1) is 10.3. The number of thioether (sulfide) groups is 1. The van der Waals surface area contributed by atoms with E-state index in [-0.39, 0.29) is 11.3 Å². The molecule has 0 saturated carbocycles. The van der Waals surface area contributed by atoms with Crippen LogP contribution in [0.3, 0.4) is 0 Å². The molecule has 1 aromatic heterocycles. The van der Waals surface area contributed by atoms with E-state index in [0.29, 0.717) is 5.22 Å². The highest BCUT2D eigenvalue weighted by Crippen LogP contribution is 2.42. The number of benzene rings is 2. The topological polar surface area (TPSA) is 52.0 Å². The van der Waals surface area contributed by atoms with Gasteiger partial charge in [-0.05, 0) is 11.1 Å². The summed E-state index contributed by atoms with van der Waals surface area (Å²) in [5.74, 6) is 0. The quantitative estimate of drug-likeness (QED) is 0.717. The smallest absolute Gasteiger partial charge is 0.256 e. The number of rotatable bonds is 5. The molecule has 0 amide bonds. The van der Waals surface area contributed by atoms with Crippen LogP contribution in [0.25, 0.3) is 0 Å². The van der Waals surface area contributed by atoms with Gasteiger partial charge in [-0.2, -0.15) is 0 Å². The summed E-state index contributed by atoms with van der Waals surface area (Å²) in [4.78, 5) is 4.20. The monoisotopic (exact) mass is 296 g/mol. The van der Waals surface area contributed by atoms with E-state index in [1.165, 1.54) is 0 Å². The van der Waals surface area contributed by atoms with E-state index in [1.807, 2.05) is 36.4 Å². The third kappa shape index (κ3) is 3.35. The summed E-state index contributed by atoms with van der Waals surface area (Å²) in [6.07, 6.45) is 3.23. The van der Waals surface area contributed by atoms with Gasteiger partial charge in [0.1, 0.15) is 6.26 Å². The molecule has 2 unspecified atom stereocenters. The van der Waals surface area contributed by atoms with Gasteiger partial charge in [0.05, 0.1) is 11.4 Å². The Bertz CT molecular complexity index is 656. The molecule has 3 nitrogen and oxygen atoms in total. The number of aromatic nitrogens is 1. The zero-order chi connectivity index (χ0) is 14.5. The summed E-state index contributed by atoms with van der Waals surface area (Å²) in [6, 6.07) is 20.2. The van der Waals surface area contributed by atoms with Gasteiger partial charge in [0.15, 0.2) is 0 Å². The van der Waals surface area contributed by atoms with Gasteiger partial charge in [0.25, 0.3) is 5.22 Å². The molecular formula is C17H16N2OS. The van der Waals surface area contributed by atoms with E-state index in [0.717, 1.165) is 11.1 Å². The van der Waals surface area contributed by atoms with Gasteiger partial charge >= 0.3 is 0 Å². The van der Waals surface area contributed by atoms with Gasteiger partial charge in [-0.1, -0.05) is 72.4 Å². The van der Waals surface area contributed by atoms with Crippen LogP contribution >= 0.6 is 11.8 Å². The third-order valence-electron chi connectivity index (χ3n) is 3.28. The van der Waals surface area contributed by atoms with Crippen molar-refractivity contribution >= 4 is 11.8 Å². The van der Waals surface area contributed by atoms with Crippen molar-refractivity contribution in [3.63, 3.8) is 0 Å². The fourth-order valence-electron chi connectivity index (χ4n) is 2.22. The Morgan fingerprint density at radius 3 is 2.10 bits per heavy atom. The van der Waals surface area contributed by atoms with Crippen molar-refractivity contribution < 1.29 is 4.42 Å². The highest BCUT2D eigenvalue weighted by molar-refractivity contribution is 7.99. The van der Waals surface area contributed by atoms with Gasteiger partial charge in [-0.15, -0.1) is 0 Å². The first kappa shape index (κ1) is 13.9. The Balaban J connectivity index is 1.92. The Morgan fingerprint density at radius 1 is 0.905 bits per heavy atom. The minimum Gasteiger partial charge on any atom is -0.440 e. The van der Waals surface area contributed by atoms with Crippen LogP contribution in [0.1, 0.15) is 22.4 Å². The van der Waals surface area contributed by atoms with E-state index in [4.69, 9.17) is 10.2 Å². The zero-order valence-corrected chi connectivity index (χ0v) is 12.2. The standard InChI is InChI=1S/C17H16N2OS/c18-15(13-7-3-1-4-8-13)16(14-9-5-2-6-10-14)21-17-19-11-12-20-17/h1-12,15-16H,18H2. The molecule has 0 aliphatic heterocycles. The van der Waals surface area contributed by atoms with Crippen LogP contribution in [0.4, 0.5) is 0 Å². The van der Waals surface area contributed by atoms with Crippen molar-refractivity contribution in [2.24, 2.45) is 5.73 Å². The Kier molecular flexibility index (Phi) is 4.38. The molecule has 0 aliphatic carbocycles. The molecule has 0 aliphatic rings. The fourth-order valence-corrected chi connectivity index (χ4v) is 3.27. The lowest BCUT2D eigenvalue weighted by Gasteiger charge is -2.23. The predicted molar refractivity (Wildman–Crippen MR) is 84.9 cm³/mol. The molecule has 0 fully saturated rings. The van der Waals surface area contributed by atoms with Crippen LogP contribution < -0.4 is 5.73 Å². The lowest BCUT2D eigenvalue weighted by molar-refractivity contribution is 0.452. The zero-order valence-electron chi connectivity index (χ0n) is 11.4. The third-order valence-corrected chi connectivity index (χ3v) is 4.50. The lowest BCUT2D eigenvalue weighted by Crippen LogP contribution is -2.17. The molecule has 2 aromatic carbocycles. The molecule has 0 bridgehead atoms. The number of nitrogens with zero attached hydrogens (tertiary/aromatic N) is 1. The first-order valence-corrected chi connectivity index (χ1v) is 7.64. The lowest BCUT2D eigenvalue weighted by atomic mass is 9.99. The molecular weight excluding hydrogens is 280 g/mol. The van der Waals surface area contributed by atoms with Gasteiger partial charge in [0.2, 0.25) is 0 Å². The normalized spacial score (nSPS) is 13.8. The molecule has 3 aromatic rings. The summed E-state index contributed by atoms with van der Waals surface area (Å²) in [7, 11) is 0. The van der Waals surface area contributed by atoms with Crippen molar-refractivity contribution in [1.29, 1.82) is 0 Å². The minimum atomic E-state index is -0.134. The average molecular weight is 296 g/mol. The van der Waals surface area contributed by atoms with Crippen LogP contribution in [-0.4, -0.2) is 4.98 Å². The van der Waals surface area contributed by atoms with Crippen LogP contribution in [-0.2, 0) is 0 Å². The molecule has 21 heavy (non-hydrogen) atoms. The first-order valence-electron chi connectivity index (χ1n) is 6.76.